The van der Waals surface area contributed by atoms with Crippen molar-refractivity contribution in [2.45, 2.75) is 13.1 Å². The molecule has 5 heteroatoms. The van der Waals surface area contributed by atoms with Gasteiger partial charge in [0.25, 0.3) is 0 Å². The van der Waals surface area contributed by atoms with Gasteiger partial charge in [0.05, 0.1) is 0 Å². The Bertz CT molecular complexity index is 737. The molecule has 0 aliphatic carbocycles. The van der Waals surface area contributed by atoms with E-state index >= 15 is 0 Å². The van der Waals surface area contributed by atoms with Crippen molar-refractivity contribution < 1.29 is 8.78 Å². The predicted octanol–water partition coefficient (Wildman–Crippen LogP) is 3.13. The largest absolute Gasteiger partial charge is 0.346 e. The van der Waals surface area contributed by atoms with Crippen LogP contribution in [-0.2, 0) is 13.1 Å². The molecule has 0 spiro atoms. The van der Waals surface area contributed by atoms with Crippen molar-refractivity contribution >= 4 is 11.0 Å². The van der Waals surface area contributed by atoms with Gasteiger partial charge in [-0.05, 0) is 23.8 Å². The van der Waals surface area contributed by atoms with Crippen LogP contribution in [0.25, 0.3) is 11.0 Å². The van der Waals surface area contributed by atoms with Gasteiger partial charge in [-0.2, -0.15) is 0 Å². The number of nitrogens with one attached hydrogen (secondary N) is 2. The molecule has 102 valence electrons. The summed E-state index contributed by atoms with van der Waals surface area (Å²) in [6.45, 7) is 0.932. The topological polar surface area (TPSA) is 40.7 Å². The Hall–Kier alpha value is -2.27. The summed E-state index contributed by atoms with van der Waals surface area (Å²) in [6.07, 6.45) is 3.61. The number of benzene rings is 1. The highest BCUT2D eigenvalue weighted by Crippen LogP contribution is 2.15. The second kappa shape index (κ2) is 5.38. The van der Waals surface area contributed by atoms with Crippen LogP contribution in [0.2, 0.25) is 0 Å². The van der Waals surface area contributed by atoms with Crippen LogP contribution in [0.4, 0.5) is 8.78 Å². The lowest BCUT2D eigenvalue weighted by Crippen LogP contribution is -2.13. The first kappa shape index (κ1) is 12.7. The summed E-state index contributed by atoms with van der Waals surface area (Å²) >= 11 is 0. The number of pyridine rings is 1. The van der Waals surface area contributed by atoms with E-state index in [0.29, 0.717) is 18.7 Å². The zero-order valence-corrected chi connectivity index (χ0v) is 10.7. The van der Waals surface area contributed by atoms with Crippen LogP contribution in [0.1, 0.15) is 11.1 Å². The van der Waals surface area contributed by atoms with Crippen LogP contribution in [0.15, 0.2) is 42.7 Å². The Morgan fingerprint density at radius 2 is 1.95 bits per heavy atom. The van der Waals surface area contributed by atoms with Gasteiger partial charge in [0.15, 0.2) is 0 Å². The molecule has 0 unspecified atom stereocenters. The van der Waals surface area contributed by atoms with Gasteiger partial charge in [0.1, 0.15) is 17.3 Å². The summed E-state index contributed by atoms with van der Waals surface area (Å²) in [5.41, 5.74) is 2.34. The van der Waals surface area contributed by atoms with Crippen LogP contribution in [-0.4, -0.2) is 9.97 Å². The van der Waals surface area contributed by atoms with Crippen LogP contribution in [0.3, 0.4) is 0 Å². The smallest absolute Gasteiger partial charge is 0.137 e. The summed E-state index contributed by atoms with van der Waals surface area (Å²) < 4.78 is 26.3. The lowest BCUT2D eigenvalue weighted by molar-refractivity contribution is 0.560. The van der Waals surface area contributed by atoms with E-state index in [9.17, 15) is 8.78 Å². The molecule has 3 nitrogen and oxygen atoms in total. The number of aromatic amines is 1. The van der Waals surface area contributed by atoms with Crippen LogP contribution in [0.5, 0.6) is 0 Å². The van der Waals surface area contributed by atoms with Crippen molar-refractivity contribution in [3.05, 3.63) is 65.5 Å². The third-order valence-electron chi connectivity index (χ3n) is 3.18. The molecule has 20 heavy (non-hydrogen) atoms. The minimum Gasteiger partial charge on any atom is -0.346 e. The maximum atomic E-state index is 13.5. The Labute approximate surface area is 114 Å². The van der Waals surface area contributed by atoms with Crippen LogP contribution < -0.4 is 5.32 Å². The van der Waals surface area contributed by atoms with E-state index in [0.717, 1.165) is 22.7 Å². The van der Waals surface area contributed by atoms with Gasteiger partial charge in [0.2, 0.25) is 0 Å². The summed E-state index contributed by atoms with van der Waals surface area (Å²) in [5.74, 6) is -1.09. The van der Waals surface area contributed by atoms with Gasteiger partial charge in [-0.1, -0.05) is 6.07 Å². The fourth-order valence-corrected chi connectivity index (χ4v) is 2.16. The molecule has 3 aromatic rings. The molecule has 2 heterocycles. The number of H-pyrrole nitrogens is 1. The van der Waals surface area contributed by atoms with Crippen LogP contribution in [0, 0.1) is 11.6 Å². The first-order chi connectivity index (χ1) is 9.74. The molecule has 0 amide bonds. The minimum absolute atomic E-state index is 0.346. The first-order valence-electron chi connectivity index (χ1n) is 6.29. The number of rotatable bonds is 4. The van der Waals surface area contributed by atoms with Gasteiger partial charge in [-0.25, -0.2) is 13.8 Å². The Balaban J connectivity index is 1.68. The molecular formula is C15H13F2N3. The van der Waals surface area contributed by atoms with Crippen molar-refractivity contribution in [3.63, 3.8) is 0 Å². The quantitative estimate of drug-likeness (QED) is 0.766. The van der Waals surface area contributed by atoms with Gasteiger partial charge in [-0.3, -0.25) is 0 Å². The summed E-state index contributed by atoms with van der Waals surface area (Å²) in [7, 11) is 0. The molecule has 0 aliphatic heterocycles. The Morgan fingerprint density at radius 3 is 2.80 bits per heavy atom. The van der Waals surface area contributed by atoms with E-state index in [1.807, 2.05) is 18.3 Å². The number of hydrogen-bond acceptors (Lipinski definition) is 2. The highest BCUT2D eigenvalue weighted by atomic mass is 19.1. The standard InChI is InChI=1S/C15H13F2N3/c16-12-4-3-10(14(17)6-12)7-18-8-11-9-20-15-13(11)2-1-5-19-15/h1-6,9,18H,7-8H2,(H,19,20). The molecule has 0 saturated heterocycles. The average Bonchev–Trinajstić information content (AvgIpc) is 2.85. The molecule has 2 N–H and O–H groups in total. The zero-order chi connectivity index (χ0) is 13.9. The third-order valence-corrected chi connectivity index (χ3v) is 3.18. The number of hydrogen-bond donors (Lipinski definition) is 2. The fourth-order valence-electron chi connectivity index (χ4n) is 2.16. The lowest BCUT2D eigenvalue weighted by Gasteiger charge is -2.05. The molecule has 0 aliphatic rings. The zero-order valence-electron chi connectivity index (χ0n) is 10.7. The second-order valence-corrected chi connectivity index (χ2v) is 4.55. The molecule has 1 aromatic carbocycles. The second-order valence-electron chi connectivity index (χ2n) is 4.55. The van der Waals surface area contributed by atoms with Crippen molar-refractivity contribution in [1.82, 2.24) is 15.3 Å². The molecular weight excluding hydrogens is 260 g/mol. The summed E-state index contributed by atoms with van der Waals surface area (Å²) in [6, 6.07) is 7.46. The highest BCUT2D eigenvalue weighted by molar-refractivity contribution is 5.79. The Kier molecular flexibility index (Phi) is 3.43. The molecule has 3 rings (SSSR count). The van der Waals surface area contributed by atoms with E-state index < -0.39 is 11.6 Å². The van der Waals surface area contributed by atoms with E-state index in [2.05, 4.69) is 15.3 Å². The first-order valence-corrected chi connectivity index (χ1v) is 6.29. The van der Waals surface area contributed by atoms with E-state index in [1.165, 1.54) is 12.1 Å². The van der Waals surface area contributed by atoms with Crippen molar-refractivity contribution in [3.8, 4) is 0 Å². The van der Waals surface area contributed by atoms with Crippen molar-refractivity contribution in [2.75, 3.05) is 0 Å². The average molecular weight is 273 g/mol. The van der Waals surface area contributed by atoms with Gasteiger partial charge in [0, 0.05) is 42.5 Å². The van der Waals surface area contributed by atoms with Gasteiger partial charge in [-0.15, -0.1) is 0 Å². The fraction of sp³-hybridized carbons (Fsp3) is 0.133. The maximum absolute atomic E-state index is 13.5. The molecule has 2 aromatic heterocycles. The van der Waals surface area contributed by atoms with Crippen molar-refractivity contribution in [2.24, 2.45) is 0 Å². The Morgan fingerprint density at radius 1 is 1.10 bits per heavy atom. The molecule has 0 radical (unpaired) electrons. The van der Waals surface area contributed by atoms with Crippen LogP contribution >= 0.6 is 0 Å². The third kappa shape index (κ3) is 2.53. The monoisotopic (exact) mass is 273 g/mol. The molecule has 0 bridgehead atoms. The normalized spacial score (nSPS) is 11.1. The van der Waals surface area contributed by atoms with Gasteiger partial charge < -0.3 is 10.3 Å². The van der Waals surface area contributed by atoms with Crippen molar-refractivity contribution in [1.29, 1.82) is 0 Å². The van der Waals surface area contributed by atoms with E-state index in [4.69, 9.17) is 0 Å². The van der Waals surface area contributed by atoms with E-state index in [-0.39, 0.29) is 0 Å². The summed E-state index contributed by atoms with van der Waals surface area (Å²) in [5, 5.41) is 4.19. The molecule has 0 fully saturated rings. The van der Waals surface area contributed by atoms with E-state index in [1.54, 1.807) is 6.20 Å². The number of nitrogens with zero attached hydrogens (tertiary/aromatic N) is 1. The summed E-state index contributed by atoms with van der Waals surface area (Å²) in [4.78, 5) is 7.29. The highest BCUT2D eigenvalue weighted by Gasteiger charge is 2.05. The molecule has 0 saturated carbocycles. The minimum atomic E-state index is -0.561. The maximum Gasteiger partial charge on any atom is 0.137 e. The number of aromatic nitrogens is 2. The van der Waals surface area contributed by atoms with Gasteiger partial charge >= 0.3 is 0 Å². The predicted molar refractivity (Wildman–Crippen MR) is 73.0 cm³/mol. The number of fused-ring (bicyclic) bond motifs is 1. The molecule has 0 atom stereocenters. The SMILES string of the molecule is Fc1ccc(CNCc2c[nH]c3ncccc23)c(F)c1. The number of halogens is 2. The lowest BCUT2D eigenvalue weighted by atomic mass is 10.2.